The van der Waals surface area contributed by atoms with Crippen molar-refractivity contribution in [2.75, 3.05) is 5.32 Å². The average Bonchev–Trinajstić information content (AvgIpc) is 2.68. The number of hydrogen-bond donors (Lipinski definition) is 2. The molecule has 1 atom stereocenters. The van der Waals surface area contributed by atoms with Crippen molar-refractivity contribution in [3.63, 3.8) is 0 Å². The van der Waals surface area contributed by atoms with Gasteiger partial charge in [0.2, 0.25) is 0 Å². The maximum atomic E-state index is 12.5. The van der Waals surface area contributed by atoms with Crippen LogP contribution in [0.5, 0.6) is 0 Å². The van der Waals surface area contributed by atoms with E-state index in [2.05, 4.69) is 32.4 Å². The molecular formula is C22H19ClN4O. The number of aromatic nitrogens is 3. The third kappa shape index (κ3) is 3.62. The Morgan fingerprint density at radius 2 is 2.00 bits per heavy atom. The van der Waals surface area contributed by atoms with E-state index in [0.29, 0.717) is 16.2 Å². The summed E-state index contributed by atoms with van der Waals surface area (Å²) < 4.78 is 0. The lowest BCUT2D eigenvalue weighted by Gasteiger charge is -2.16. The summed E-state index contributed by atoms with van der Waals surface area (Å²) in [5.74, 6) is 0. The highest BCUT2D eigenvalue weighted by Gasteiger charge is 2.12. The molecule has 4 rings (SSSR count). The predicted molar refractivity (Wildman–Crippen MR) is 114 cm³/mol. The highest BCUT2D eigenvalue weighted by atomic mass is 35.5. The summed E-state index contributed by atoms with van der Waals surface area (Å²) in [6, 6.07) is 13.6. The molecule has 28 heavy (non-hydrogen) atoms. The van der Waals surface area contributed by atoms with E-state index < -0.39 is 0 Å². The molecular weight excluding hydrogens is 372 g/mol. The van der Waals surface area contributed by atoms with Crippen LogP contribution in [0.3, 0.4) is 0 Å². The second-order valence-corrected chi connectivity index (χ2v) is 7.22. The Kier molecular flexibility index (Phi) is 4.84. The summed E-state index contributed by atoms with van der Waals surface area (Å²) in [5, 5.41) is 4.76. The van der Waals surface area contributed by atoms with Gasteiger partial charge in [0.05, 0.1) is 11.1 Å². The molecule has 0 bridgehead atoms. The number of fused-ring (bicyclic) bond motifs is 1. The lowest BCUT2D eigenvalue weighted by molar-refractivity contribution is 0.865. The van der Waals surface area contributed by atoms with E-state index in [-0.39, 0.29) is 11.6 Å². The highest BCUT2D eigenvalue weighted by Crippen LogP contribution is 2.27. The van der Waals surface area contributed by atoms with E-state index >= 15 is 0 Å². The van der Waals surface area contributed by atoms with Crippen molar-refractivity contribution in [1.29, 1.82) is 0 Å². The SMILES string of the molecule is Cc1cnccc1-c1cccc(NC(C)c2cc3cc(Cl)cnc3[nH]c2=O)c1. The first kappa shape index (κ1) is 18.2. The van der Waals surface area contributed by atoms with Crippen LogP contribution >= 0.6 is 11.6 Å². The molecule has 5 nitrogen and oxygen atoms in total. The number of nitrogens with zero attached hydrogens (tertiary/aromatic N) is 2. The number of benzene rings is 1. The smallest absolute Gasteiger partial charge is 0.254 e. The molecule has 140 valence electrons. The number of pyridine rings is 3. The van der Waals surface area contributed by atoms with Crippen molar-refractivity contribution in [2.24, 2.45) is 0 Å². The van der Waals surface area contributed by atoms with Crippen LogP contribution in [0, 0.1) is 6.92 Å². The highest BCUT2D eigenvalue weighted by molar-refractivity contribution is 6.31. The molecule has 3 aromatic heterocycles. The van der Waals surface area contributed by atoms with Gasteiger partial charge in [-0.3, -0.25) is 9.78 Å². The van der Waals surface area contributed by atoms with E-state index in [9.17, 15) is 4.79 Å². The predicted octanol–water partition coefficient (Wildman–Crippen LogP) is 5.12. The molecule has 1 unspecified atom stereocenters. The second kappa shape index (κ2) is 7.44. The third-order valence-electron chi connectivity index (χ3n) is 4.73. The Bertz CT molecular complexity index is 1220. The fourth-order valence-corrected chi connectivity index (χ4v) is 3.47. The fourth-order valence-electron chi connectivity index (χ4n) is 3.31. The van der Waals surface area contributed by atoms with Crippen LogP contribution in [0.4, 0.5) is 5.69 Å². The number of anilines is 1. The number of H-pyrrole nitrogens is 1. The fraction of sp³-hybridized carbons (Fsp3) is 0.136. The molecule has 0 aliphatic rings. The Balaban J connectivity index is 1.66. The maximum absolute atomic E-state index is 12.5. The first-order chi connectivity index (χ1) is 13.5. The van der Waals surface area contributed by atoms with Gasteiger partial charge in [-0.25, -0.2) is 4.98 Å². The molecule has 0 spiro atoms. The molecule has 2 N–H and O–H groups in total. The van der Waals surface area contributed by atoms with E-state index in [0.717, 1.165) is 27.8 Å². The molecule has 6 heteroatoms. The standard InChI is InChI=1S/C22H19ClN4O/c1-13-11-24-7-6-19(13)15-4-3-5-18(9-15)26-14(2)20-10-16-8-17(23)12-25-21(16)27-22(20)28/h3-12,14,26H,1-2H3,(H,25,27,28). The summed E-state index contributed by atoms with van der Waals surface area (Å²) in [6.45, 7) is 4.00. The summed E-state index contributed by atoms with van der Waals surface area (Å²) in [6.07, 6.45) is 5.17. The van der Waals surface area contributed by atoms with Gasteiger partial charge in [-0.15, -0.1) is 0 Å². The summed E-state index contributed by atoms with van der Waals surface area (Å²) in [5.41, 5.74) is 5.27. The van der Waals surface area contributed by atoms with Gasteiger partial charge in [0, 0.05) is 35.2 Å². The number of halogens is 1. The lowest BCUT2D eigenvalue weighted by Crippen LogP contribution is -2.19. The van der Waals surface area contributed by atoms with Crippen molar-refractivity contribution in [3.8, 4) is 11.1 Å². The quantitative estimate of drug-likeness (QED) is 0.507. The molecule has 0 saturated heterocycles. The van der Waals surface area contributed by atoms with Crippen LogP contribution in [0.15, 0.2) is 65.8 Å². The van der Waals surface area contributed by atoms with Crippen LogP contribution in [-0.4, -0.2) is 15.0 Å². The van der Waals surface area contributed by atoms with Gasteiger partial charge in [0.1, 0.15) is 5.65 Å². The van der Waals surface area contributed by atoms with Gasteiger partial charge in [-0.2, -0.15) is 0 Å². The minimum absolute atomic E-state index is 0.163. The van der Waals surface area contributed by atoms with Crippen molar-refractivity contribution in [1.82, 2.24) is 15.0 Å². The van der Waals surface area contributed by atoms with Crippen LogP contribution in [0.2, 0.25) is 5.02 Å². The number of hydrogen-bond acceptors (Lipinski definition) is 4. The molecule has 0 amide bonds. The largest absolute Gasteiger partial charge is 0.378 e. The first-order valence-corrected chi connectivity index (χ1v) is 9.35. The number of rotatable bonds is 4. The number of aromatic amines is 1. The molecule has 0 aliphatic heterocycles. The molecule has 1 aromatic carbocycles. The van der Waals surface area contributed by atoms with Crippen LogP contribution < -0.4 is 10.9 Å². The van der Waals surface area contributed by atoms with Crippen molar-refractivity contribution >= 4 is 28.3 Å². The minimum Gasteiger partial charge on any atom is -0.378 e. The van der Waals surface area contributed by atoms with E-state index in [1.54, 1.807) is 12.3 Å². The van der Waals surface area contributed by atoms with Crippen molar-refractivity contribution in [2.45, 2.75) is 19.9 Å². The zero-order chi connectivity index (χ0) is 19.7. The molecule has 3 heterocycles. The van der Waals surface area contributed by atoms with Crippen LogP contribution in [0.25, 0.3) is 22.2 Å². The maximum Gasteiger partial charge on any atom is 0.254 e. The monoisotopic (exact) mass is 390 g/mol. The van der Waals surface area contributed by atoms with Crippen LogP contribution in [0.1, 0.15) is 24.1 Å². The van der Waals surface area contributed by atoms with E-state index in [1.807, 2.05) is 44.3 Å². The topological polar surface area (TPSA) is 70.7 Å². The van der Waals surface area contributed by atoms with Crippen LogP contribution in [-0.2, 0) is 0 Å². The normalized spacial score (nSPS) is 12.1. The Morgan fingerprint density at radius 3 is 2.82 bits per heavy atom. The van der Waals surface area contributed by atoms with Gasteiger partial charge in [0.25, 0.3) is 5.56 Å². The average molecular weight is 391 g/mol. The minimum atomic E-state index is -0.194. The molecule has 0 saturated carbocycles. The molecule has 0 radical (unpaired) electrons. The van der Waals surface area contributed by atoms with E-state index in [4.69, 9.17) is 11.6 Å². The summed E-state index contributed by atoms with van der Waals surface area (Å²) >= 11 is 6.03. The number of aryl methyl sites for hydroxylation is 1. The third-order valence-corrected chi connectivity index (χ3v) is 4.94. The Labute approximate surface area is 167 Å². The zero-order valence-corrected chi connectivity index (χ0v) is 16.3. The first-order valence-electron chi connectivity index (χ1n) is 8.97. The zero-order valence-electron chi connectivity index (χ0n) is 15.5. The molecule has 4 aromatic rings. The Morgan fingerprint density at radius 1 is 1.14 bits per heavy atom. The Hall–Kier alpha value is -3.18. The molecule has 0 fully saturated rings. The van der Waals surface area contributed by atoms with Gasteiger partial charge in [-0.1, -0.05) is 23.7 Å². The summed E-state index contributed by atoms with van der Waals surface area (Å²) in [4.78, 5) is 23.7. The van der Waals surface area contributed by atoms with Gasteiger partial charge >= 0.3 is 0 Å². The van der Waals surface area contributed by atoms with E-state index in [1.165, 1.54) is 6.20 Å². The second-order valence-electron chi connectivity index (χ2n) is 6.78. The molecule has 0 aliphatic carbocycles. The summed E-state index contributed by atoms with van der Waals surface area (Å²) in [7, 11) is 0. The number of nitrogens with one attached hydrogen (secondary N) is 2. The lowest BCUT2D eigenvalue weighted by atomic mass is 10.0. The van der Waals surface area contributed by atoms with Gasteiger partial charge < -0.3 is 10.3 Å². The van der Waals surface area contributed by atoms with Gasteiger partial charge in [0.15, 0.2) is 0 Å². The van der Waals surface area contributed by atoms with Crippen molar-refractivity contribution in [3.05, 3.63) is 87.6 Å². The van der Waals surface area contributed by atoms with Gasteiger partial charge in [-0.05, 0) is 60.9 Å². The van der Waals surface area contributed by atoms with Crippen molar-refractivity contribution < 1.29 is 0 Å².